The van der Waals surface area contributed by atoms with Gasteiger partial charge in [0.2, 0.25) is 0 Å². The Morgan fingerprint density at radius 1 is 1.12 bits per heavy atom. The van der Waals surface area contributed by atoms with E-state index in [1.54, 1.807) is 0 Å². The highest BCUT2D eigenvalue weighted by atomic mass is 15.1. The minimum Gasteiger partial charge on any atom is -0.378 e. The van der Waals surface area contributed by atoms with Gasteiger partial charge in [-0.1, -0.05) is 44.6 Å². The molecule has 1 rings (SSSR count). The first-order chi connectivity index (χ1) is 7.63. The van der Waals surface area contributed by atoms with Gasteiger partial charge in [-0.05, 0) is 31.0 Å². The molecule has 0 atom stereocenters. The average Bonchev–Trinajstić information content (AvgIpc) is 2.32. The van der Waals surface area contributed by atoms with E-state index >= 15 is 0 Å². The van der Waals surface area contributed by atoms with Crippen molar-refractivity contribution in [1.82, 2.24) is 0 Å². The highest BCUT2D eigenvalue weighted by Gasteiger charge is 1.94. The maximum atomic E-state index is 2.24. The number of anilines is 1. The summed E-state index contributed by atoms with van der Waals surface area (Å²) in [6.45, 7) is 8.35. The van der Waals surface area contributed by atoms with E-state index < -0.39 is 0 Å². The molecule has 0 spiro atoms. The van der Waals surface area contributed by atoms with Gasteiger partial charge in [0.25, 0.3) is 0 Å². The summed E-state index contributed by atoms with van der Waals surface area (Å²) >= 11 is 0. The number of nitrogens with zero attached hydrogens (tertiary/aromatic N) is 1. The number of allylic oxidation sites excluding steroid dienone is 1. The van der Waals surface area contributed by atoms with Crippen LogP contribution in [0.3, 0.4) is 0 Å². The van der Waals surface area contributed by atoms with Crippen LogP contribution in [0.2, 0.25) is 0 Å². The molecule has 90 valence electrons. The molecule has 0 aromatic heterocycles. The molecule has 0 aliphatic carbocycles. The lowest BCUT2D eigenvalue weighted by Crippen LogP contribution is -2.07. The second-order valence-electron chi connectivity index (χ2n) is 3.83. The number of hydrogen-bond donors (Lipinski definition) is 0. The van der Waals surface area contributed by atoms with Gasteiger partial charge in [0, 0.05) is 19.8 Å². The molecule has 0 heterocycles. The molecule has 0 N–H and O–H groups in total. The Morgan fingerprint density at radius 3 is 2.00 bits per heavy atom. The molecule has 0 fully saturated rings. The summed E-state index contributed by atoms with van der Waals surface area (Å²) in [4.78, 5) is 2.11. The van der Waals surface area contributed by atoms with Crippen molar-refractivity contribution < 1.29 is 0 Å². The summed E-state index contributed by atoms with van der Waals surface area (Å²) in [7, 11) is 4.12. The lowest BCUT2D eigenvalue weighted by Gasteiger charge is -2.11. The third kappa shape index (κ3) is 5.01. The Hall–Kier alpha value is -1.24. The van der Waals surface area contributed by atoms with Gasteiger partial charge in [0.1, 0.15) is 0 Å². The first-order valence-electron chi connectivity index (χ1n) is 6.08. The van der Waals surface area contributed by atoms with Gasteiger partial charge in [0.05, 0.1) is 0 Å². The van der Waals surface area contributed by atoms with Crippen molar-refractivity contribution in [2.24, 2.45) is 0 Å². The predicted octanol–water partition coefficient (Wildman–Crippen LogP) is 4.59. The largest absolute Gasteiger partial charge is 0.378 e. The molecular weight excluding hydrogens is 194 g/mol. The topological polar surface area (TPSA) is 3.24 Å². The van der Waals surface area contributed by atoms with Gasteiger partial charge in [-0.25, -0.2) is 0 Å². The van der Waals surface area contributed by atoms with E-state index in [9.17, 15) is 0 Å². The summed E-state index contributed by atoms with van der Waals surface area (Å²) in [5, 5.41) is 0. The maximum Gasteiger partial charge on any atom is 0.0361 e. The third-order valence-electron chi connectivity index (χ3n) is 2.38. The fraction of sp³-hybridized carbons (Fsp3) is 0.467. The summed E-state index contributed by atoms with van der Waals surface area (Å²) in [5.74, 6) is 0. The van der Waals surface area contributed by atoms with Crippen molar-refractivity contribution in [3.8, 4) is 0 Å². The normalized spacial score (nSPS) is 10.5. The van der Waals surface area contributed by atoms with Crippen molar-refractivity contribution in [2.75, 3.05) is 19.0 Å². The molecule has 0 unspecified atom stereocenters. The predicted molar refractivity (Wildman–Crippen MR) is 76.1 cm³/mol. The third-order valence-corrected chi connectivity index (χ3v) is 2.38. The SMILES string of the molecule is CC.CC/C(C)=C\c1ccc(N(C)C)cc1. The highest BCUT2D eigenvalue weighted by molar-refractivity contribution is 5.57. The molecule has 0 aliphatic rings. The van der Waals surface area contributed by atoms with Gasteiger partial charge < -0.3 is 4.90 Å². The quantitative estimate of drug-likeness (QED) is 0.718. The highest BCUT2D eigenvalue weighted by Crippen LogP contribution is 2.15. The van der Waals surface area contributed by atoms with E-state index in [0.717, 1.165) is 6.42 Å². The molecule has 1 aromatic carbocycles. The lowest BCUT2D eigenvalue weighted by molar-refractivity contribution is 1.11. The Balaban J connectivity index is 0.00000106. The van der Waals surface area contributed by atoms with E-state index in [4.69, 9.17) is 0 Å². The molecule has 0 saturated carbocycles. The van der Waals surface area contributed by atoms with Crippen molar-refractivity contribution in [2.45, 2.75) is 34.1 Å². The maximum absolute atomic E-state index is 2.24. The van der Waals surface area contributed by atoms with Crippen molar-refractivity contribution in [1.29, 1.82) is 0 Å². The van der Waals surface area contributed by atoms with Crippen LogP contribution in [0.1, 0.15) is 39.7 Å². The summed E-state index contributed by atoms with van der Waals surface area (Å²) < 4.78 is 0. The molecule has 0 aliphatic heterocycles. The van der Waals surface area contributed by atoms with Crippen LogP contribution in [-0.4, -0.2) is 14.1 Å². The molecule has 0 bridgehead atoms. The van der Waals surface area contributed by atoms with Crippen LogP contribution in [0.15, 0.2) is 29.8 Å². The number of rotatable bonds is 3. The zero-order chi connectivity index (χ0) is 12.6. The summed E-state index contributed by atoms with van der Waals surface area (Å²) in [6, 6.07) is 8.62. The zero-order valence-corrected chi connectivity index (χ0v) is 11.5. The Morgan fingerprint density at radius 2 is 1.62 bits per heavy atom. The smallest absolute Gasteiger partial charge is 0.0361 e. The van der Waals surface area contributed by atoms with E-state index in [-0.39, 0.29) is 0 Å². The standard InChI is InChI=1S/C13H19N.C2H6/c1-5-11(2)10-12-6-8-13(9-7-12)14(3)4;1-2/h6-10H,5H2,1-4H3;1-2H3/b11-10-;. The monoisotopic (exact) mass is 219 g/mol. The van der Waals surface area contributed by atoms with Crippen LogP contribution < -0.4 is 4.90 Å². The van der Waals surface area contributed by atoms with Crippen molar-refractivity contribution in [3.63, 3.8) is 0 Å². The molecule has 1 aromatic rings. The van der Waals surface area contributed by atoms with Crippen molar-refractivity contribution >= 4 is 11.8 Å². The molecule has 16 heavy (non-hydrogen) atoms. The molecule has 0 saturated heterocycles. The fourth-order valence-corrected chi connectivity index (χ4v) is 1.26. The van der Waals surface area contributed by atoms with E-state index in [1.165, 1.54) is 16.8 Å². The second kappa shape index (κ2) is 7.98. The number of hydrogen-bond acceptors (Lipinski definition) is 1. The molecule has 0 amide bonds. The van der Waals surface area contributed by atoms with Crippen LogP contribution >= 0.6 is 0 Å². The summed E-state index contributed by atoms with van der Waals surface area (Å²) in [5.41, 5.74) is 3.95. The number of benzene rings is 1. The van der Waals surface area contributed by atoms with Gasteiger partial charge in [-0.15, -0.1) is 0 Å². The van der Waals surface area contributed by atoms with Crippen LogP contribution in [0, 0.1) is 0 Å². The average molecular weight is 219 g/mol. The minimum atomic E-state index is 1.12. The van der Waals surface area contributed by atoms with E-state index in [2.05, 4.69) is 63.2 Å². The molecule has 1 nitrogen and oxygen atoms in total. The molecule has 0 radical (unpaired) electrons. The first kappa shape index (κ1) is 14.8. The van der Waals surface area contributed by atoms with Gasteiger partial charge in [-0.2, -0.15) is 0 Å². The zero-order valence-electron chi connectivity index (χ0n) is 11.5. The fourth-order valence-electron chi connectivity index (χ4n) is 1.26. The van der Waals surface area contributed by atoms with Gasteiger partial charge in [0.15, 0.2) is 0 Å². The Labute approximate surface area is 101 Å². The molecule has 1 heteroatoms. The second-order valence-corrected chi connectivity index (χ2v) is 3.83. The van der Waals surface area contributed by atoms with Crippen LogP contribution in [0.5, 0.6) is 0 Å². The van der Waals surface area contributed by atoms with Crippen molar-refractivity contribution in [3.05, 3.63) is 35.4 Å². The Kier molecular flexibility index (Phi) is 7.36. The summed E-state index contributed by atoms with van der Waals surface area (Å²) in [6.07, 6.45) is 3.36. The Bertz CT molecular complexity index is 307. The van der Waals surface area contributed by atoms with Crippen LogP contribution in [-0.2, 0) is 0 Å². The van der Waals surface area contributed by atoms with E-state index in [1.807, 2.05) is 13.8 Å². The van der Waals surface area contributed by atoms with Crippen LogP contribution in [0.4, 0.5) is 5.69 Å². The lowest BCUT2D eigenvalue weighted by atomic mass is 10.1. The van der Waals surface area contributed by atoms with E-state index in [0.29, 0.717) is 0 Å². The van der Waals surface area contributed by atoms with Gasteiger partial charge >= 0.3 is 0 Å². The first-order valence-corrected chi connectivity index (χ1v) is 6.08. The minimum absolute atomic E-state index is 1.12. The van der Waals surface area contributed by atoms with Crippen LogP contribution in [0.25, 0.3) is 6.08 Å². The molecular formula is C15H25N. The van der Waals surface area contributed by atoms with Gasteiger partial charge in [-0.3, -0.25) is 0 Å².